The highest BCUT2D eigenvalue weighted by Gasteiger charge is 2.25. The number of rotatable bonds is 2. The number of non-ortho nitro benzene ring substituents is 1. The van der Waals surface area contributed by atoms with Crippen LogP contribution in [0.15, 0.2) is 18.2 Å². The van der Waals surface area contributed by atoms with Crippen LogP contribution < -0.4 is 5.32 Å². The lowest BCUT2D eigenvalue weighted by Gasteiger charge is -2.34. The molecule has 0 aromatic heterocycles. The van der Waals surface area contributed by atoms with Crippen molar-refractivity contribution in [1.82, 2.24) is 10.2 Å². The first kappa shape index (κ1) is 13.5. The van der Waals surface area contributed by atoms with Crippen LogP contribution in [0.3, 0.4) is 0 Å². The number of benzene rings is 1. The van der Waals surface area contributed by atoms with Crippen LogP contribution in [0.1, 0.15) is 22.8 Å². The summed E-state index contributed by atoms with van der Waals surface area (Å²) in [5, 5.41) is 14.0. The Bertz CT molecular complexity index is 516. The number of nitrogens with zero attached hydrogens (tertiary/aromatic N) is 2. The van der Waals surface area contributed by atoms with Crippen LogP contribution in [0.5, 0.6) is 0 Å². The summed E-state index contributed by atoms with van der Waals surface area (Å²) in [7, 11) is 0. The molecule has 1 fully saturated rings. The van der Waals surface area contributed by atoms with E-state index in [4.69, 9.17) is 0 Å². The van der Waals surface area contributed by atoms with E-state index in [2.05, 4.69) is 5.32 Å². The molecule has 1 amide bonds. The topological polar surface area (TPSA) is 75.5 Å². The van der Waals surface area contributed by atoms with Crippen molar-refractivity contribution in [1.29, 1.82) is 0 Å². The highest BCUT2D eigenvalue weighted by molar-refractivity contribution is 5.95. The van der Waals surface area contributed by atoms with Crippen molar-refractivity contribution >= 4 is 11.6 Å². The number of hydrogen-bond acceptors (Lipinski definition) is 4. The molecule has 0 saturated carbocycles. The van der Waals surface area contributed by atoms with Crippen LogP contribution in [-0.2, 0) is 0 Å². The van der Waals surface area contributed by atoms with E-state index in [1.165, 1.54) is 12.1 Å². The number of nitro benzene ring substituents is 1. The van der Waals surface area contributed by atoms with E-state index < -0.39 is 4.92 Å². The second kappa shape index (κ2) is 5.36. The van der Waals surface area contributed by atoms with Gasteiger partial charge >= 0.3 is 0 Å². The Morgan fingerprint density at radius 3 is 2.84 bits per heavy atom. The Hall–Kier alpha value is -1.95. The van der Waals surface area contributed by atoms with E-state index in [-0.39, 0.29) is 17.6 Å². The third kappa shape index (κ3) is 2.90. The molecule has 1 atom stereocenters. The standard InChI is InChI=1S/C13H17N3O3/c1-9-5-11(7-12(6-9)16(18)19)13(17)15-4-3-14-8-10(15)2/h5-7,10,14H,3-4,8H2,1-2H3/t10-/m0/s1. The van der Waals surface area contributed by atoms with E-state index >= 15 is 0 Å². The number of nitro groups is 1. The van der Waals surface area contributed by atoms with E-state index in [1.54, 1.807) is 17.9 Å². The molecule has 1 aromatic carbocycles. The van der Waals surface area contributed by atoms with Gasteiger partial charge in [0.25, 0.3) is 11.6 Å². The maximum absolute atomic E-state index is 12.4. The van der Waals surface area contributed by atoms with Gasteiger partial charge in [-0.3, -0.25) is 14.9 Å². The van der Waals surface area contributed by atoms with Gasteiger partial charge in [0.15, 0.2) is 0 Å². The fourth-order valence-corrected chi connectivity index (χ4v) is 2.30. The SMILES string of the molecule is Cc1cc(C(=O)N2CCNC[C@@H]2C)cc([N+](=O)[O-])c1. The maximum Gasteiger partial charge on any atom is 0.270 e. The van der Waals surface area contributed by atoms with Crippen molar-refractivity contribution in [3.63, 3.8) is 0 Å². The minimum absolute atomic E-state index is 0.0360. The van der Waals surface area contributed by atoms with E-state index in [0.29, 0.717) is 12.1 Å². The molecule has 102 valence electrons. The van der Waals surface area contributed by atoms with Crippen molar-refractivity contribution in [3.05, 3.63) is 39.4 Å². The number of carbonyl (C=O) groups excluding carboxylic acids is 1. The van der Waals surface area contributed by atoms with Crippen LogP contribution in [0.4, 0.5) is 5.69 Å². The lowest BCUT2D eigenvalue weighted by Crippen LogP contribution is -2.52. The molecule has 1 aliphatic heterocycles. The Morgan fingerprint density at radius 2 is 2.21 bits per heavy atom. The average Bonchev–Trinajstić information content (AvgIpc) is 2.37. The number of amides is 1. The molecule has 0 aliphatic carbocycles. The molecule has 6 nitrogen and oxygen atoms in total. The number of nitrogens with one attached hydrogen (secondary N) is 1. The van der Waals surface area contributed by atoms with Gasteiger partial charge in [0.2, 0.25) is 0 Å². The number of hydrogen-bond donors (Lipinski definition) is 1. The van der Waals surface area contributed by atoms with Crippen LogP contribution in [0, 0.1) is 17.0 Å². The van der Waals surface area contributed by atoms with Crippen molar-refractivity contribution in [2.45, 2.75) is 19.9 Å². The van der Waals surface area contributed by atoms with Crippen LogP contribution in [0.25, 0.3) is 0 Å². The molecular formula is C13H17N3O3. The number of piperazine rings is 1. The molecule has 1 heterocycles. The first-order valence-electron chi connectivity index (χ1n) is 6.27. The quantitative estimate of drug-likeness (QED) is 0.645. The molecule has 2 rings (SSSR count). The fraction of sp³-hybridized carbons (Fsp3) is 0.462. The normalized spacial score (nSPS) is 19.3. The molecule has 19 heavy (non-hydrogen) atoms. The third-order valence-electron chi connectivity index (χ3n) is 3.28. The number of aryl methyl sites for hydroxylation is 1. The molecule has 6 heteroatoms. The Morgan fingerprint density at radius 1 is 1.47 bits per heavy atom. The molecule has 1 aliphatic rings. The Labute approximate surface area is 111 Å². The molecular weight excluding hydrogens is 246 g/mol. The lowest BCUT2D eigenvalue weighted by atomic mass is 10.1. The summed E-state index contributed by atoms with van der Waals surface area (Å²) in [5.74, 6) is -0.138. The Kier molecular flexibility index (Phi) is 3.80. The predicted octanol–water partition coefficient (Wildman–Crippen LogP) is 1.34. The maximum atomic E-state index is 12.4. The second-order valence-corrected chi connectivity index (χ2v) is 4.87. The van der Waals surface area contributed by atoms with Crippen LogP contribution >= 0.6 is 0 Å². The van der Waals surface area contributed by atoms with Gasteiger partial charge in [0, 0.05) is 43.4 Å². The van der Waals surface area contributed by atoms with Gasteiger partial charge in [0.1, 0.15) is 0 Å². The first-order valence-corrected chi connectivity index (χ1v) is 6.27. The predicted molar refractivity (Wildman–Crippen MR) is 71.2 cm³/mol. The third-order valence-corrected chi connectivity index (χ3v) is 3.28. The van der Waals surface area contributed by atoms with Gasteiger partial charge < -0.3 is 10.2 Å². The minimum atomic E-state index is -0.467. The van der Waals surface area contributed by atoms with Crippen molar-refractivity contribution in [2.75, 3.05) is 19.6 Å². The molecule has 0 bridgehead atoms. The lowest BCUT2D eigenvalue weighted by molar-refractivity contribution is -0.384. The summed E-state index contributed by atoms with van der Waals surface area (Å²) < 4.78 is 0. The zero-order chi connectivity index (χ0) is 14.0. The van der Waals surface area contributed by atoms with E-state index in [0.717, 1.165) is 18.7 Å². The largest absolute Gasteiger partial charge is 0.333 e. The molecule has 0 radical (unpaired) electrons. The zero-order valence-corrected chi connectivity index (χ0v) is 11.0. The summed E-state index contributed by atoms with van der Waals surface area (Å²) in [4.78, 5) is 24.5. The Balaban J connectivity index is 2.30. The molecule has 1 N–H and O–H groups in total. The van der Waals surface area contributed by atoms with Crippen molar-refractivity contribution in [2.24, 2.45) is 0 Å². The summed E-state index contributed by atoms with van der Waals surface area (Å²) >= 11 is 0. The summed E-state index contributed by atoms with van der Waals surface area (Å²) in [6, 6.07) is 4.62. The van der Waals surface area contributed by atoms with Gasteiger partial charge in [-0.25, -0.2) is 0 Å². The summed E-state index contributed by atoms with van der Waals surface area (Å²) in [6.07, 6.45) is 0. The highest BCUT2D eigenvalue weighted by atomic mass is 16.6. The monoisotopic (exact) mass is 263 g/mol. The molecule has 0 unspecified atom stereocenters. The average molecular weight is 263 g/mol. The van der Waals surface area contributed by atoms with E-state index in [1.807, 2.05) is 6.92 Å². The zero-order valence-electron chi connectivity index (χ0n) is 11.0. The summed E-state index contributed by atoms with van der Waals surface area (Å²) in [5.41, 5.74) is 1.08. The van der Waals surface area contributed by atoms with Crippen LogP contribution in [0.2, 0.25) is 0 Å². The van der Waals surface area contributed by atoms with Gasteiger partial charge in [-0.05, 0) is 25.5 Å². The highest BCUT2D eigenvalue weighted by Crippen LogP contribution is 2.19. The second-order valence-electron chi connectivity index (χ2n) is 4.87. The van der Waals surface area contributed by atoms with E-state index in [9.17, 15) is 14.9 Å². The molecule has 1 saturated heterocycles. The first-order chi connectivity index (χ1) is 8.99. The summed E-state index contributed by atoms with van der Waals surface area (Å²) in [6.45, 7) is 5.85. The van der Waals surface area contributed by atoms with Gasteiger partial charge in [-0.1, -0.05) is 0 Å². The fourth-order valence-electron chi connectivity index (χ4n) is 2.30. The van der Waals surface area contributed by atoms with Gasteiger partial charge in [-0.2, -0.15) is 0 Å². The van der Waals surface area contributed by atoms with Gasteiger partial charge in [0.05, 0.1) is 4.92 Å². The minimum Gasteiger partial charge on any atom is -0.333 e. The van der Waals surface area contributed by atoms with Gasteiger partial charge in [-0.15, -0.1) is 0 Å². The molecule has 0 spiro atoms. The van der Waals surface area contributed by atoms with Crippen molar-refractivity contribution in [3.8, 4) is 0 Å². The molecule has 1 aromatic rings. The smallest absolute Gasteiger partial charge is 0.270 e. The number of carbonyl (C=O) groups is 1. The van der Waals surface area contributed by atoms with Crippen molar-refractivity contribution < 1.29 is 9.72 Å². The van der Waals surface area contributed by atoms with Crippen LogP contribution in [-0.4, -0.2) is 41.4 Å².